The number of halogens is 1. The fourth-order valence-corrected chi connectivity index (χ4v) is 4.32. The lowest BCUT2D eigenvalue weighted by atomic mass is 9.60. The molecule has 0 radical (unpaired) electrons. The minimum Gasteiger partial charge on any atom is -0.465 e. The molecule has 0 aliphatic heterocycles. The first kappa shape index (κ1) is 16.3. The average Bonchev–Trinajstić information content (AvgIpc) is 2.60. The first-order valence-corrected chi connectivity index (χ1v) is 8.35. The van der Waals surface area contributed by atoms with E-state index < -0.39 is 5.41 Å². The number of aliphatic hydroxyl groups is 1. The Morgan fingerprint density at radius 3 is 2.91 bits per heavy atom. The molecule has 23 heavy (non-hydrogen) atoms. The second kappa shape index (κ2) is 6.50. The van der Waals surface area contributed by atoms with Gasteiger partial charge in [0.25, 0.3) is 0 Å². The van der Waals surface area contributed by atoms with Gasteiger partial charge in [-0.25, -0.2) is 4.79 Å². The van der Waals surface area contributed by atoms with E-state index in [0.29, 0.717) is 11.5 Å². The van der Waals surface area contributed by atoms with Crippen molar-refractivity contribution in [3.63, 3.8) is 0 Å². The first-order valence-electron chi connectivity index (χ1n) is 7.98. The molecule has 3 rings (SSSR count). The van der Waals surface area contributed by atoms with Crippen LogP contribution in [0.2, 0.25) is 0 Å². The van der Waals surface area contributed by atoms with Crippen molar-refractivity contribution >= 4 is 17.6 Å². The zero-order valence-corrected chi connectivity index (χ0v) is 14.0. The summed E-state index contributed by atoms with van der Waals surface area (Å²) in [7, 11) is 1.39. The number of benzene rings is 1. The molecular formula is C19H21ClO3. The third-order valence-corrected chi connectivity index (χ3v) is 5.43. The highest BCUT2D eigenvalue weighted by molar-refractivity contribution is 6.29. The van der Waals surface area contributed by atoms with E-state index in [2.05, 4.69) is 0 Å². The van der Waals surface area contributed by atoms with Crippen molar-refractivity contribution < 1.29 is 14.6 Å². The molecule has 1 N–H and O–H groups in total. The van der Waals surface area contributed by atoms with Crippen LogP contribution in [0.4, 0.5) is 0 Å². The van der Waals surface area contributed by atoms with Gasteiger partial charge in [0.15, 0.2) is 0 Å². The van der Waals surface area contributed by atoms with Crippen molar-refractivity contribution in [2.24, 2.45) is 5.92 Å². The lowest BCUT2D eigenvalue weighted by molar-refractivity contribution is 0.0595. The van der Waals surface area contributed by atoms with Crippen LogP contribution in [0.5, 0.6) is 0 Å². The van der Waals surface area contributed by atoms with Crippen molar-refractivity contribution in [2.75, 3.05) is 13.7 Å². The smallest absolute Gasteiger partial charge is 0.338 e. The summed E-state index contributed by atoms with van der Waals surface area (Å²) in [5.74, 6) is -0.0281. The number of carbonyl (C=O) groups is 1. The maximum absolute atomic E-state index is 12.2. The molecule has 4 heteroatoms. The Labute approximate surface area is 141 Å². The molecule has 2 aliphatic rings. The van der Waals surface area contributed by atoms with Gasteiger partial charge in [0, 0.05) is 10.4 Å². The van der Waals surface area contributed by atoms with Gasteiger partial charge in [-0.2, -0.15) is 0 Å². The van der Waals surface area contributed by atoms with Crippen LogP contribution in [0.3, 0.4) is 0 Å². The SMILES string of the molecule is COC(=O)c1ccccc1[C@]1(CO)CCCC2CC(Cl)=CC=C21. The van der Waals surface area contributed by atoms with Crippen molar-refractivity contribution in [1.82, 2.24) is 0 Å². The summed E-state index contributed by atoms with van der Waals surface area (Å²) in [6.07, 6.45) is 7.67. The number of aliphatic hydroxyl groups excluding tert-OH is 1. The van der Waals surface area contributed by atoms with Crippen LogP contribution >= 0.6 is 11.6 Å². The lowest BCUT2D eigenvalue weighted by Gasteiger charge is -2.45. The summed E-state index contributed by atoms with van der Waals surface area (Å²) in [5.41, 5.74) is 2.05. The van der Waals surface area contributed by atoms with E-state index >= 15 is 0 Å². The summed E-state index contributed by atoms with van der Waals surface area (Å²) in [5, 5.41) is 11.2. The second-order valence-corrected chi connectivity index (χ2v) is 6.79. The highest BCUT2D eigenvalue weighted by atomic mass is 35.5. The highest BCUT2D eigenvalue weighted by Crippen LogP contribution is 2.50. The maximum atomic E-state index is 12.2. The number of rotatable bonds is 3. The van der Waals surface area contributed by atoms with Crippen LogP contribution in [0.25, 0.3) is 0 Å². The van der Waals surface area contributed by atoms with Crippen LogP contribution in [0.1, 0.15) is 41.6 Å². The van der Waals surface area contributed by atoms with Gasteiger partial charge in [-0.3, -0.25) is 0 Å². The molecule has 0 aromatic heterocycles. The standard InChI is InChI=1S/C19H21ClO3/c1-23-18(22)15-6-2-3-7-17(15)19(12-21)10-4-5-13-11-14(20)8-9-16(13)19/h2-3,6-9,13,21H,4-5,10-12H2,1H3/t13?,19-/m0/s1. The molecule has 1 aromatic carbocycles. The summed E-state index contributed by atoms with van der Waals surface area (Å²) in [4.78, 5) is 12.2. The summed E-state index contributed by atoms with van der Waals surface area (Å²) in [6.45, 7) is -0.0190. The monoisotopic (exact) mass is 332 g/mol. The zero-order chi connectivity index (χ0) is 16.4. The molecule has 1 unspecified atom stereocenters. The summed E-state index contributed by atoms with van der Waals surface area (Å²) in [6, 6.07) is 7.45. The van der Waals surface area contributed by atoms with Crippen LogP contribution < -0.4 is 0 Å². The van der Waals surface area contributed by atoms with Gasteiger partial charge < -0.3 is 9.84 Å². The molecule has 0 saturated heterocycles. The molecule has 1 aromatic rings. The predicted molar refractivity (Wildman–Crippen MR) is 90.5 cm³/mol. The van der Waals surface area contributed by atoms with E-state index in [1.54, 1.807) is 6.07 Å². The summed E-state index contributed by atoms with van der Waals surface area (Å²) >= 11 is 6.20. The Bertz CT molecular complexity index is 677. The van der Waals surface area contributed by atoms with Gasteiger partial charge in [0.05, 0.1) is 19.3 Å². The minimum absolute atomic E-state index is 0.0190. The molecule has 0 amide bonds. The number of carbonyl (C=O) groups excluding carboxylic acids is 1. The second-order valence-electron chi connectivity index (χ2n) is 6.31. The Hall–Kier alpha value is -1.58. The van der Waals surface area contributed by atoms with Crippen molar-refractivity contribution in [1.29, 1.82) is 0 Å². The molecule has 0 spiro atoms. The number of allylic oxidation sites excluding steroid dienone is 3. The van der Waals surface area contributed by atoms with Crippen LogP contribution in [0.15, 0.2) is 47.0 Å². The van der Waals surface area contributed by atoms with Crippen LogP contribution in [-0.2, 0) is 10.2 Å². The van der Waals surface area contributed by atoms with E-state index in [4.69, 9.17) is 16.3 Å². The fraction of sp³-hybridized carbons (Fsp3) is 0.421. The minimum atomic E-state index is -0.526. The molecule has 1 fully saturated rings. The van der Waals surface area contributed by atoms with Gasteiger partial charge in [-0.05, 0) is 42.9 Å². The molecule has 1 saturated carbocycles. The number of methoxy groups -OCH3 is 1. The van der Waals surface area contributed by atoms with Gasteiger partial charge in [-0.15, -0.1) is 0 Å². The number of hydrogen-bond acceptors (Lipinski definition) is 3. The van der Waals surface area contributed by atoms with Gasteiger partial charge >= 0.3 is 5.97 Å². The Kier molecular flexibility index (Phi) is 4.60. The van der Waals surface area contributed by atoms with E-state index in [1.807, 2.05) is 30.4 Å². The quantitative estimate of drug-likeness (QED) is 0.852. The number of ether oxygens (including phenoxy) is 1. The third-order valence-electron chi connectivity index (χ3n) is 5.15. The zero-order valence-electron chi connectivity index (χ0n) is 13.2. The number of hydrogen-bond donors (Lipinski definition) is 1. The predicted octanol–water partition coefficient (Wildman–Crippen LogP) is 3.96. The van der Waals surface area contributed by atoms with Crippen molar-refractivity contribution in [2.45, 2.75) is 31.1 Å². The molecule has 0 bridgehead atoms. The summed E-state index contributed by atoms with van der Waals surface area (Å²) < 4.78 is 4.94. The molecule has 2 atom stereocenters. The lowest BCUT2D eigenvalue weighted by Crippen LogP contribution is -2.41. The van der Waals surface area contributed by atoms with Gasteiger partial charge in [-0.1, -0.05) is 47.9 Å². The Morgan fingerprint density at radius 1 is 1.39 bits per heavy atom. The van der Waals surface area contributed by atoms with E-state index in [9.17, 15) is 9.90 Å². The maximum Gasteiger partial charge on any atom is 0.338 e. The van der Waals surface area contributed by atoms with E-state index in [-0.39, 0.29) is 12.6 Å². The number of fused-ring (bicyclic) bond motifs is 1. The molecular weight excluding hydrogens is 312 g/mol. The Morgan fingerprint density at radius 2 is 2.17 bits per heavy atom. The van der Waals surface area contributed by atoms with E-state index in [0.717, 1.165) is 36.3 Å². The largest absolute Gasteiger partial charge is 0.465 e. The van der Waals surface area contributed by atoms with Gasteiger partial charge in [0.1, 0.15) is 0 Å². The van der Waals surface area contributed by atoms with E-state index in [1.165, 1.54) is 12.7 Å². The van der Waals surface area contributed by atoms with Crippen LogP contribution in [-0.4, -0.2) is 24.8 Å². The topological polar surface area (TPSA) is 46.5 Å². The molecule has 2 aliphatic carbocycles. The average molecular weight is 333 g/mol. The fourth-order valence-electron chi connectivity index (χ4n) is 4.07. The normalized spacial score (nSPS) is 26.8. The van der Waals surface area contributed by atoms with Crippen molar-refractivity contribution in [3.05, 3.63) is 58.1 Å². The third kappa shape index (κ3) is 2.73. The molecule has 0 heterocycles. The molecule has 3 nitrogen and oxygen atoms in total. The number of esters is 1. The molecule has 122 valence electrons. The highest BCUT2D eigenvalue weighted by Gasteiger charge is 2.44. The Balaban J connectivity index is 2.17. The van der Waals surface area contributed by atoms with Crippen LogP contribution in [0, 0.1) is 5.92 Å². The first-order chi connectivity index (χ1) is 11.1. The van der Waals surface area contributed by atoms with Gasteiger partial charge in [0.2, 0.25) is 0 Å². The van der Waals surface area contributed by atoms with Crippen molar-refractivity contribution in [3.8, 4) is 0 Å².